The van der Waals surface area contributed by atoms with E-state index in [2.05, 4.69) is 5.32 Å². The summed E-state index contributed by atoms with van der Waals surface area (Å²) in [6, 6.07) is 0. The van der Waals surface area contributed by atoms with Gasteiger partial charge in [0.15, 0.2) is 0 Å². The fourth-order valence-corrected chi connectivity index (χ4v) is 3.89. The zero-order valence-electron chi connectivity index (χ0n) is 23.8. The molecule has 0 aliphatic heterocycles. The topological polar surface area (TPSA) is 234 Å². The third-order valence-electron chi connectivity index (χ3n) is 5.93. The van der Waals surface area contributed by atoms with Gasteiger partial charge in [0.05, 0.1) is 32.7 Å². The highest BCUT2D eigenvalue weighted by Crippen LogP contribution is 2.02. The average molecular weight is 591 g/mol. The van der Waals surface area contributed by atoms with Crippen LogP contribution in [0.25, 0.3) is 0 Å². The van der Waals surface area contributed by atoms with Gasteiger partial charge < -0.3 is 36.4 Å². The van der Waals surface area contributed by atoms with Crippen LogP contribution in [0, 0.1) is 0 Å². The zero-order chi connectivity index (χ0) is 31.2. The van der Waals surface area contributed by atoms with Crippen molar-refractivity contribution in [2.24, 2.45) is 5.73 Å². The second-order valence-electron chi connectivity index (χ2n) is 9.64. The highest BCUT2D eigenvalue weighted by Gasteiger charge is 2.23. The molecule has 0 bridgehead atoms. The van der Waals surface area contributed by atoms with Crippen LogP contribution in [0.15, 0.2) is 0 Å². The Morgan fingerprint density at radius 1 is 0.585 bits per heavy atom. The molecule has 0 spiro atoms. The molecule has 0 atom stereocenters. The molecule has 0 fully saturated rings. The number of rotatable bonds is 26. The highest BCUT2D eigenvalue weighted by atomic mass is 16.4. The van der Waals surface area contributed by atoms with Gasteiger partial charge in [-0.05, 0) is 25.8 Å². The zero-order valence-corrected chi connectivity index (χ0v) is 23.8. The van der Waals surface area contributed by atoms with Crippen LogP contribution < -0.4 is 11.1 Å². The minimum Gasteiger partial charge on any atom is -0.480 e. The van der Waals surface area contributed by atoms with Crippen molar-refractivity contribution in [3.8, 4) is 0 Å². The van der Waals surface area contributed by atoms with Crippen LogP contribution in [0.3, 0.4) is 0 Å². The van der Waals surface area contributed by atoms with Crippen molar-refractivity contribution < 1.29 is 49.2 Å². The Morgan fingerprint density at radius 3 is 1.56 bits per heavy atom. The molecule has 0 aliphatic rings. The molecule has 7 N–H and O–H groups in total. The number of aliphatic carboxylic acids is 4. The minimum absolute atomic E-state index is 0.0170. The summed E-state index contributed by atoms with van der Waals surface area (Å²) in [4.78, 5) is 75.7. The van der Waals surface area contributed by atoms with Gasteiger partial charge in [-0.2, -0.15) is 0 Å². The number of nitrogens with zero attached hydrogens (tertiary/aromatic N) is 4. The van der Waals surface area contributed by atoms with Crippen molar-refractivity contribution in [3.05, 3.63) is 0 Å². The number of hydrogen-bond donors (Lipinski definition) is 6. The lowest BCUT2D eigenvalue weighted by atomic mass is 10.2. The van der Waals surface area contributed by atoms with Crippen LogP contribution in [0.1, 0.15) is 39.0 Å². The number of carboxylic acid groups (broad SMARTS) is 4. The largest absolute Gasteiger partial charge is 0.480 e. The average Bonchev–Trinajstić information content (AvgIpc) is 2.86. The Balaban J connectivity index is 5.31. The Hall–Kier alpha value is -3.34. The Bertz CT molecular complexity index is 844. The summed E-state index contributed by atoms with van der Waals surface area (Å²) in [5.74, 6) is -5.71. The van der Waals surface area contributed by atoms with E-state index in [0.717, 1.165) is 24.2 Å². The van der Waals surface area contributed by atoms with Gasteiger partial charge in [-0.25, -0.2) is 0 Å². The first-order valence-electron chi connectivity index (χ1n) is 13.7. The molecule has 0 aromatic carbocycles. The Kier molecular flexibility index (Phi) is 20.5. The molecular weight excluding hydrogens is 544 g/mol. The van der Waals surface area contributed by atoms with E-state index >= 15 is 0 Å². The predicted molar refractivity (Wildman–Crippen MR) is 147 cm³/mol. The SMILES string of the molecule is CCCCCNC(=O)CN(CCN(CCN(CC(=O)O)CC(=O)N(CCCCN)CC(=O)O)CC(=O)O)CC(=O)O. The van der Waals surface area contributed by atoms with Crippen LogP contribution >= 0.6 is 0 Å². The van der Waals surface area contributed by atoms with Gasteiger partial charge in [-0.3, -0.25) is 43.5 Å². The van der Waals surface area contributed by atoms with Gasteiger partial charge in [0, 0.05) is 39.3 Å². The summed E-state index contributed by atoms with van der Waals surface area (Å²) in [5, 5.41) is 39.8. The molecule has 0 aromatic heterocycles. The molecule has 0 aliphatic carbocycles. The maximum absolute atomic E-state index is 12.8. The Labute approximate surface area is 240 Å². The van der Waals surface area contributed by atoms with Crippen LogP contribution in [0.4, 0.5) is 0 Å². The lowest BCUT2D eigenvalue weighted by Gasteiger charge is -2.29. The minimum atomic E-state index is -1.23. The van der Waals surface area contributed by atoms with Crippen molar-refractivity contribution in [3.63, 3.8) is 0 Å². The molecular formula is C25H46N6O10. The molecule has 0 aromatic rings. The van der Waals surface area contributed by atoms with Gasteiger partial charge in [-0.1, -0.05) is 19.8 Å². The Morgan fingerprint density at radius 2 is 1.07 bits per heavy atom. The molecule has 0 unspecified atom stereocenters. The smallest absolute Gasteiger partial charge is 0.323 e. The number of nitrogens with one attached hydrogen (secondary N) is 1. The summed E-state index contributed by atoms with van der Waals surface area (Å²) >= 11 is 0. The summed E-state index contributed by atoms with van der Waals surface area (Å²) in [5.41, 5.74) is 5.46. The fraction of sp³-hybridized carbons (Fsp3) is 0.760. The number of carboxylic acids is 4. The molecule has 41 heavy (non-hydrogen) atoms. The molecule has 16 heteroatoms. The summed E-state index contributed by atoms with van der Waals surface area (Å²) in [6.07, 6.45) is 3.77. The van der Waals surface area contributed by atoms with Crippen LogP contribution in [-0.4, -0.2) is 161 Å². The number of amides is 2. The van der Waals surface area contributed by atoms with E-state index < -0.39 is 62.5 Å². The first-order chi connectivity index (χ1) is 19.4. The van der Waals surface area contributed by atoms with Crippen molar-refractivity contribution >= 4 is 35.7 Å². The van der Waals surface area contributed by atoms with E-state index in [1.165, 1.54) is 14.7 Å². The molecule has 2 amide bonds. The summed E-state index contributed by atoms with van der Waals surface area (Å²) in [7, 11) is 0. The van der Waals surface area contributed by atoms with Gasteiger partial charge in [-0.15, -0.1) is 0 Å². The molecule has 0 rings (SSSR count). The number of nitrogens with two attached hydrogens (primary N) is 1. The van der Waals surface area contributed by atoms with Crippen molar-refractivity contribution in [2.45, 2.75) is 39.0 Å². The number of unbranched alkanes of at least 4 members (excludes halogenated alkanes) is 3. The van der Waals surface area contributed by atoms with E-state index in [1.807, 2.05) is 6.92 Å². The van der Waals surface area contributed by atoms with E-state index in [4.69, 9.17) is 10.8 Å². The molecule has 236 valence electrons. The molecule has 16 nitrogen and oxygen atoms in total. The van der Waals surface area contributed by atoms with Crippen LogP contribution in [0.5, 0.6) is 0 Å². The van der Waals surface area contributed by atoms with Crippen LogP contribution in [0.2, 0.25) is 0 Å². The third kappa shape index (κ3) is 21.1. The second-order valence-corrected chi connectivity index (χ2v) is 9.64. The molecule has 0 radical (unpaired) electrons. The summed E-state index contributed by atoms with van der Waals surface area (Å²) < 4.78 is 0. The van der Waals surface area contributed by atoms with E-state index in [0.29, 0.717) is 25.9 Å². The maximum Gasteiger partial charge on any atom is 0.323 e. The quantitative estimate of drug-likeness (QED) is 0.0604. The fourth-order valence-electron chi connectivity index (χ4n) is 3.89. The standard InChI is InChI=1S/C25H46N6O10/c1-2-3-5-8-27-20(32)14-29(17-23(36)37)12-10-28(16-22(34)35)11-13-30(18-24(38)39)15-21(33)31(19-25(40)41)9-6-4-7-26/h2-19,26H2,1H3,(H,27,32)(H,34,35)(H,36,37)(H,38,39)(H,40,41). The molecule has 0 saturated carbocycles. The lowest BCUT2D eigenvalue weighted by Crippen LogP contribution is -2.48. The maximum atomic E-state index is 12.8. The molecule has 0 heterocycles. The van der Waals surface area contributed by atoms with E-state index in [9.17, 15) is 44.1 Å². The number of hydrogen-bond acceptors (Lipinski definition) is 10. The van der Waals surface area contributed by atoms with Crippen molar-refractivity contribution in [1.29, 1.82) is 0 Å². The third-order valence-corrected chi connectivity index (χ3v) is 5.93. The van der Waals surface area contributed by atoms with E-state index in [-0.39, 0.29) is 45.2 Å². The first kappa shape index (κ1) is 37.7. The summed E-state index contributed by atoms with van der Waals surface area (Å²) in [6.45, 7) is 0.521. The highest BCUT2D eigenvalue weighted by molar-refractivity contribution is 5.83. The first-order valence-corrected chi connectivity index (χ1v) is 13.7. The predicted octanol–water partition coefficient (Wildman–Crippen LogP) is -1.90. The van der Waals surface area contributed by atoms with Crippen molar-refractivity contribution in [2.75, 3.05) is 85.1 Å². The van der Waals surface area contributed by atoms with Gasteiger partial charge in [0.1, 0.15) is 6.54 Å². The lowest BCUT2D eigenvalue weighted by molar-refractivity contribution is -0.146. The number of carbonyl (C=O) groups excluding carboxylic acids is 2. The van der Waals surface area contributed by atoms with Crippen molar-refractivity contribution in [1.82, 2.24) is 24.9 Å². The number of carbonyl (C=O) groups is 6. The molecule has 0 saturated heterocycles. The van der Waals surface area contributed by atoms with Gasteiger partial charge in [0.25, 0.3) is 0 Å². The van der Waals surface area contributed by atoms with Gasteiger partial charge >= 0.3 is 23.9 Å². The monoisotopic (exact) mass is 590 g/mol. The van der Waals surface area contributed by atoms with E-state index in [1.54, 1.807) is 0 Å². The normalized spacial score (nSPS) is 11.1. The second kappa shape index (κ2) is 22.4. The van der Waals surface area contributed by atoms with Gasteiger partial charge in [0.2, 0.25) is 11.8 Å². The van der Waals surface area contributed by atoms with Crippen LogP contribution in [-0.2, 0) is 28.8 Å².